The second kappa shape index (κ2) is 4.61. The highest BCUT2D eigenvalue weighted by molar-refractivity contribution is 5.92. The van der Waals surface area contributed by atoms with E-state index in [4.69, 9.17) is 5.73 Å². The van der Waals surface area contributed by atoms with Crippen LogP contribution in [0, 0.1) is 5.92 Å². The van der Waals surface area contributed by atoms with E-state index in [9.17, 15) is 9.59 Å². The molecule has 0 spiro atoms. The van der Waals surface area contributed by atoms with Crippen LogP contribution in [0.5, 0.6) is 0 Å². The number of nitrogens with one attached hydrogen (secondary N) is 2. The highest BCUT2D eigenvalue weighted by atomic mass is 16.2. The summed E-state index contributed by atoms with van der Waals surface area (Å²) in [7, 11) is 0. The molecular weight excluding hydrogens is 194 g/mol. The van der Waals surface area contributed by atoms with Crippen LogP contribution in [0.2, 0.25) is 0 Å². The van der Waals surface area contributed by atoms with E-state index in [1.807, 2.05) is 13.8 Å². The van der Waals surface area contributed by atoms with Crippen LogP contribution in [0.25, 0.3) is 0 Å². The summed E-state index contributed by atoms with van der Waals surface area (Å²) >= 11 is 0. The first-order chi connectivity index (χ1) is 6.94. The number of carbonyl (C=O) groups excluding carboxylic acids is 2. The molecule has 4 N–H and O–H groups in total. The average molecular weight is 213 g/mol. The van der Waals surface area contributed by atoms with Gasteiger partial charge in [0.1, 0.15) is 0 Å². The summed E-state index contributed by atoms with van der Waals surface area (Å²) in [5.74, 6) is 0.0254. The lowest BCUT2D eigenvalue weighted by Crippen LogP contribution is -2.46. The third-order valence-electron chi connectivity index (χ3n) is 2.36. The largest absolute Gasteiger partial charge is 0.354 e. The van der Waals surface area contributed by atoms with Crippen molar-refractivity contribution in [3.8, 4) is 0 Å². The minimum atomic E-state index is -0.696. The van der Waals surface area contributed by atoms with Crippen molar-refractivity contribution < 1.29 is 9.59 Å². The van der Waals surface area contributed by atoms with E-state index in [1.54, 1.807) is 0 Å². The van der Waals surface area contributed by atoms with Gasteiger partial charge in [-0.05, 0) is 18.8 Å². The normalized spacial score (nSPS) is 17.3. The molecule has 86 valence electrons. The van der Waals surface area contributed by atoms with Crippen molar-refractivity contribution in [3.05, 3.63) is 0 Å². The van der Waals surface area contributed by atoms with Crippen molar-refractivity contribution in [2.75, 3.05) is 13.1 Å². The molecule has 1 fully saturated rings. The van der Waals surface area contributed by atoms with Crippen molar-refractivity contribution in [1.29, 1.82) is 0 Å². The number of amides is 2. The molecule has 1 aliphatic rings. The smallest absolute Gasteiger partial charge is 0.240 e. The highest BCUT2D eigenvalue weighted by Crippen LogP contribution is 2.31. The molecule has 0 atom stereocenters. The standard InChI is InChI=1S/C10H19N3O2/c1-7(2)5-12-8(14)6-13-9(15)10(11)3-4-10/h7H,3-6,11H2,1-2H3,(H,12,14)(H,13,15). The number of hydrogen-bond acceptors (Lipinski definition) is 3. The predicted octanol–water partition coefficient (Wildman–Crippen LogP) is -0.634. The maximum atomic E-state index is 11.4. The van der Waals surface area contributed by atoms with Crippen molar-refractivity contribution in [3.63, 3.8) is 0 Å². The molecule has 0 aromatic heterocycles. The average Bonchev–Trinajstić information content (AvgIpc) is 2.91. The lowest BCUT2D eigenvalue weighted by Gasteiger charge is -2.11. The topological polar surface area (TPSA) is 84.2 Å². The van der Waals surface area contributed by atoms with Gasteiger partial charge in [-0.2, -0.15) is 0 Å². The molecule has 0 bridgehead atoms. The molecule has 1 saturated carbocycles. The fraction of sp³-hybridized carbons (Fsp3) is 0.800. The first-order valence-electron chi connectivity index (χ1n) is 5.28. The minimum Gasteiger partial charge on any atom is -0.354 e. The Morgan fingerprint density at radius 1 is 1.33 bits per heavy atom. The molecule has 0 aliphatic heterocycles. The Morgan fingerprint density at radius 2 is 1.93 bits per heavy atom. The fourth-order valence-electron chi connectivity index (χ4n) is 1.08. The third-order valence-corrected chi connectivity index (χ3v) is 2.36. The molecule has 15 heavy (non-hydrogen) atoms. The molecule has 0 radical (unpaired) electrons. The molecule has 5 heteroatoms. The van der Waals surface area contributed by atoms with E-state index in [0.717, 1.165) is 0 Å². The second-order valence-electron chi connectivity index (χ2n) is 4.54. The van der Waals surface area contributed by atoms with Crippen LogP contribution in [0.3, 0.4) is 0 Å². The summed E-state index contributed by atoms with van der Waals surface area (Å²) in [4.78, 5) is 22.6. The molecule has 0 unspecified atom stereocenters. The Kier molecular flexibility index (Phi) is 3.68. The van der Waals surface area contributed by atoms with Gasteiger partial charge in [0, 0.05) is 6.54 Å². The van der Waals surface area contributed by atoms with Gasteiger partial charge < -0.3 is 16.4 Å². The Labute approximate surface area is 89.8 Å². The monoisotopic (exact) mass is 213 g/mol. The van der Waals surface area contributed by atoms with Crippen LogP contribution in [-0.4, -0.2) is 30.4 Å². The molecule has 0 aromatic carbocycles. The third kappa shape index (κ3) is 3.87. The predicted molar refractivity (Wildman–Crippen MR) is 57.0 cm³/mol. The molecule has 2 amide bonds. The molecule has 0 heterocycles. The number of rotatable bonds is 5. The van der Waals surface area contributed by atoms with Gasteiger partial charge in [0.05, 0.1) is 12.1 Å². The number of nitrogens with two attached hydrogens (primary N) is 1. The van der Waals surface area contributed by atoms with Gasteiger partial charge in [-0.1, -0.05) is 13.8 Å². The summed E-state index contributed by atoms with van der Waals surface area (Å²) in [5, 5.41) is 5.25. The van der Waals surface area contributed by atoms with E-state index in [-0.39, 0.29) is 18.4 Å². The van der Waals surface area contributed by atoms with E-state index in [1.165, 1.54) is 0 Å². The zero-order valence-electron chi connectivity index (χ0n) is 9.30. The highest BCUT2D eigenvalue weighted by Gasteiger charge is 2.45. The summed E-state index contributed by atoms with van der Waals surface area (Å²) in [6.45, 7) is 4.67. The molecule has 1 aliphatic carbocycles. The van der Waals surface area contributed by atoms with Crippen LogP contribution < -0.4 is 16.4 Å². The fourth-order valence-corrected chi connectivity index (χ4v) is 1.08. The summed E-state index contributed by atoms with van der Waals surface area (Å²) < 4.78 is 0. The molecule has 0 saturated heterocycles. The Bertz CT molecular complexity index is 259. The van der Waals surface area contributed by atoms with Gasteiger partial charge >= 0.3 is 0 Å². The van der Waals surface area contributed by atoms with Crippen molar-refractivity contribution in [2.24, 2.45) is 11.7 Å². The maximum Gasteiger partial charge on any atom is 0.240 e. The lowest BCUT2D eigenvalue weighted by atomic mass is 10.2. The molecular formula is C10H19N3O2. The van der Waals surface area contributed by atoms with E-state index < -0.39 is 5.54 Å². The van der Waals surface area contributed by atoms with Gasteiger partial charge in [0.25, 0.3) is 0 Å². The van der Waals surface area contributed by atoms with Crippen LogP contribution >= 0.6 is 0 Å². The second-order valence-corrected chi connectivity index (χ2v) is 4.54. The van der Waals surface area contributed by atoms with Gasteiger partial charge in [-0.3, -0.25) is 9.59 Å². The SMILES string of the molecule is CC(C)CNC(=O)CNC(=O)C1(N)CC1. The first kappa shape index (κ1) is 12.0. The minimum absolute atomic E-state index is 0.0184. The quantitative estimate of drug-likeness (QED) is 0.568. The van der Waals surface area contributed by atoms with E-state index in [0.29, 0.717) is 25.3 Å². The van der Waals surface area contributed by atoms with Crippen LogP contribution in [0.1, 0.15) is 26.7 Å². The summed E-state index contributed by atoms with van der Waals surface area (Å²) in [5.41, 5.74) is 4.96. The first-order valence-corrected chi connectivity index (χ1v) is 5.28. The zero-order valence-corrected chi connectivity index (χ0v) is 9.30. The van der Waals surface area contributed by atoms with Crippen LogP contribution in [0.4, 0.5) is 0 Å². The number of hydrogen-bond donors (Lipinski definition) is 3. The van der Waals surface area contributed by atoms with Gasteiger partial charge in [0.2, 0.25) is 11.8 Å². The Morgan fingerprint density at radius 3 is 2.40 bits per heavy atom. The van der Waals surface area contributed by atoms with E-state index >= 15 is 0 Å². The van der Waals surface area contributed by atoms with E-state index in [2.05, 4.69) is 10.6 Å². The van der Waals surface area contributed by atoms with Crippen LogP contribution in [-0.2, 0) is 9.59 Å². The van der Waals surface area contributed by atoms with Gasteiger partial charge in [-0.25, -0.2) is 0 Å². The number of carbonyl (C=O) groups is 2. The maximum absolute atomic E-state index is 11.4. The van der Waals surface area contributed by atoms with Gasteiger partial charge in [-0.15, -0.1) is 0 Å². The molecule has 5 nitrogen and oxygen atoms in total. The summed E-state index contributed by atoms with van der Waals surface area (Å²) in [6, 6.07) is 0. The molecule has 0 aromatic rings. The van der Waals surface area contributed by atoms with Crippen molar-refractivity contribution in [2.45, 2.75) is 32.2 Å². The van der Waals surface area contributed by atoms with Gasteiger partial charge in [0.15, 0.2) is 0 Å². The zero-order chi connectivity index (χ0) is 11.5. The Hall–Kier alpha value is -1.10. The lowest BCUT2D eigenvalue weighted by molar-refractivity contribution is -0.127. The molecule has 1 rings (SSSR count). The summed E-state index contributed by atoms with van der Waals surface area (Å²) in [6.07, 6.45) is 1.43. The van der Waals surface area contributed by atoms with Crippen molar-refractivity contribution >= 4 is 11.8 Å². The van der Waals surface area contributed by atoms with Crippen LogP contribution in [0.15, 0.2) is 0 Å². The Balaban J connectivity index is 2.14. The van der Waals surface area contributed by atoms with Crippen molar-refractivity contribution in [1.82, 2.24) is 10.6 Å².